The quantitative estimate of drug-likeness (QED) is 0.730. The first-order valence-electron chi connectivity index (χ1n) is 6.70. The monoisotopic (exact) mass is 353 g/mol. The highest BCUT2D eigenvalue weighted by Crippen LogP contribution is 2.20. The zero-order valence-electron chi connectivity index (χ0n) is 11.5. The zero-order chi connectivity index (χ0) is 15.5. The number of aromatic nitrogens is 1. The average molecular weight is 354 g/mol. The van der Waals surface area contributed by atoms with Crippen LogP contribution in [-0.4, -0.2) is 16.1 Å². The molecule has 1 aromatic heterocycles. The minimum atomic E-state index is -0.947. The van der Waals surface area contributed by atoms with Crippen molar-refractivity contribution >= 4 is 45.0 Å². The van der Waals surface area contributed by atoms with Gasteiger partial charge in [0.15, 0.2) is 0 Å². The molecule has 0 saturated heterocycles. The number of fused-ring (bicyclic) bond motifs is 1. The molecule has 4 heteroatoms. The molecule has 3 aromatic rings. The molecule has 3 nitrogen and oxygen atoms in total. The lowest BCUT2D eigenvalue weighted by atomic mass is 10.1. The molecule has 0 aliphatic carbocycles. The van der Waals surface area contributed by atoms with Crippen molar-refractivity contribution in [1.82, 2.24) is 4.98 Å². The Morgan fingerprint density at radius 1 is 1.05 bits per heavy atom. The second kappa shape index (κ2) is 6.12. The molecule has 0 unspecified atom stereocenters. The second-order valence-electron chi connectivity index (χ2n) is 4.80. The van der Waals surface area contributed by atoms with E-state index < -0.39 is 5.97 Å². The Kier molecular flexibility index (Phi) is 4.02. The van der Waals surface area contributed by atoms with Gasteiger partial charge < -0.3 is 5.11 Å². The number of pyridine rings is 1. The summed E-state index contributed by atoms with van der Waals surface area (Å²) in [6.07, 6.45) is 3.73. The fourth-order valence-corrected chi connectivity index (χ4v) is 2.48. The maximum Gasteiger partial charge on any atom is 0.336 e. The van der Waals surface area contributed by atoms with Crippen LogP contribution >= 0.6 is 15.9 Å². The van der Waals surface area contributed by atoms with Crippen molar-refractivity contribution in [3.63, 3.8) is 0 Å². The molecule has 0 aliphatic heterocycles. The fraction of sp³-hybridized carbons (Fsp3) is 0. The molecule has 0 aliphatic rings. The number of carboxylic acid groups (broad SMARTS) is 1. The molecule has 0 fully saturated rings. The van der Waals surface area contributed by atoms with Crippen molar-refractivity contribution in [2.45, 2.75) is 0 Å². The van der Waals surface area contributed by atoms with E-state index in [-0.39, 0.29) is 5.56 Å². The summed E-state index contributed by atoms with van der Waals surface area (Å²) in [6, 6.07) is 16.7. The molecule has 22 heavy (non-hydrogen) atoms. The molecule has 2 aromatic carbocycles. The Morgan fingerprint density at radius 3 is 2.50 bits per heavy atom. The van der Waals surface area contributed by atoms with E-state index in [2.05, 4.69) is 20.9 Å². The first-order valence-corrected chi connectivity index (χ1v) is 7.49. The molecular formula is C18H12BrNO2. The van der Waals surface area contributed by atoms with Crippen LogP contribution in [0, 0.1) is 0 Å². The van der Waals surface area contributed by atoms with E-state index in [1.165, 1.54) is 0 Å². The van der Waals surface area contributed by atoms with Crippen LogP contribution in [0.2, 0.25) is 0 Å². The number of rotatable bonds is 3. The van der Waals surface area contributed by atoms with E-state index in [0.717, 1.165) is 10.0 Å². The summed E-state index contributed by atoms with van der Waals surface area (Å²) in [5, 5.41) is 10.0. The maximum absolute atomic E-state index is 11.4. The van der Waals surface area contributed by atoms with Gasteiger partial charge in [-0.2, -0.15) is 0 Å². The van der Waals surface area contributed by atoms with Gasteiger partial charge in [-0.25, -0.2) is 9.78 Å². The van der Waals surface area contributed by atoms with E-state index in [0.29, 0.717) is 16.6 Å². The number of halogens is 1. The summed E-state index contributed by atoms with van der Waals surface area (Å²) in [6.45, 7) is 0. The summed E-state index contributed by atoms with van der Waals surface area (Å²) in [5.41, 5.74) is 2.59. The largest absolute Gasteiger partial charge is 0.478 e. The molecule has 0 saturated carbocycles. The van der Waals surface area contributed by atoms with E-state index in [9.17, 15) is 9.90 Å². The van der Waals surface area contributed by atoms with Crippen molar-refractivity contribution in [2.75, 3.05) is 0 Å². The molecule has 0 spiro atoms. The number of hydrogen-bond donors (Lipinski definition) is 1. The topological polar surface area (TPSA) is 50.2 Å². The lowest BCUT2D eigenvalue weighted by Crippen LogP contribution is -2.00. The summed E-state index contributed by atoms with van der Waals surface area (Å²) >= 11 is 3.39. The van der Waals surface area contributed by atoms with Gasteiger partial charge in [-0.05, 0) is 35.9 Å². The molecular weight excluding hydrogens is 342 g/mol. The Bertz CT molecular complexity index is 870. The van der Waals surface area contributed by atoms with E-state index in [1.54, 1.807) is 12.1 Å². The van der Waals surface area contributed by atoms with Gasteiger partial charge >= 0.3 is 5.97 Å². The van der Waals surface area contributed by atoms with Gasteiger partial charge in [-0.3, -0.25) is 0 Å². The highest BCUT2D eigenvalue weighted by Gasteiger charge is 2.10. The Balaban J connectivity index is 2.04. The highest BCUT2D eigenvalue weighted by molar-refractivity contribution is 9.10. The first-order chi connectivity index (χ1) is 10.6. The summed E-state index contributed by atoms with van der Waals surface area (Å²) in [5.74, 6) is -0.947. The Labute approximate surface area is 136 Å². The molecule has 0 amide bonds. The van der Waals surface area contributed by atoms with Crippen LogP contribution in [0.5, 0.6) is 0 Å². The molecule has 0 radical (unpaired) electrons. The average Bonchev–Trinajstić information content (AvgIpc) is 2.53. The standard InChI is InChI=1S/C18H12BrNO2/c19-13-8-5-12(6-9-13)7-10-14-11-16(18(21)22)15-3-1-2-4-17(15)20-14/h1-11H,(H,21,22). The van der Waals surface area contributed by atoms with Crippen LogP contribution in [0.1, 0.15) is 21.6 Å². The predicted molar refractivity (Wildman–Crippen MR) is 91.8 cm³/mol. The van der Waals surface area contributed by atoms with E-state index in [1.807, 2.05) is 54.6 Å². The van der Waals surface area contributed by atoms with Gasteiger partial charge in [0.1, 0.15) is 0 Å². The van der Waals surface area contributed by atoms with Crippen LogP contribution in [0.4, 0.5) is 0 Å². The maximum atomic E-state index is 11.4. The third-order valence-corrected chi connectivity index (χ3v) is 3.81. The second-order valence-corrected chi connectivity index (χ2v) is 5.72. The molecule has 3 rings (SSSR count). The van der Waals surface area contributed by atoms with Crippen LogP contribution in [0.3, 0.4) is 0 Å². The van der Waals surface area contributed by atoms with Crippen LogP contribution in [-0.2, 0) is 0 Å². The molecule has 0 bridgehead atoms. The van der Waals surface area contributed by atoms with Crippen LogP contribution in [0.25, 0.3) is 23.1 Å². The molecule has 0 atom stereocenters. The number of hydrogen-bond acceptors (Lipinski definition) is 2. The lowest BCUT2D eigenvalue weighted by molar-refractivity contribution is 0.0699. The number of benzene rings is 2. The Hall–Kier alpha value is -2.46. The number of carboxylic acids is 1. The summed E-state index contributed by atoms with van der Waals surface area (Å²) < 4.78 is 1.02. The molecule has 1 heterocycles. The number of aromatic carboxylic acids is 1. The lowest BCUT2D eigenvalue weighted by Gasteiger charge is -2.04. The normalized spacial score (nSPS) is 11.1. The first kappa shape index (κ1) is 14.5. The highest BCUT2D eigenvalue weighted by atomic mass is 79.9. The van der Waals surface area contributed by atoms with Crippen molar-refractivity contribution < 1.29 is 9.90 Å². The van der Waals surface area contributed by atoms with E-state index in [4.69, 9.17) is 0 Å². The van der Waals surface area contributed by atoms with Gasteiger partial charge in [0.05, 0.1) is 16.8 Å². The summed E-state index contributed by atoms with van der Waals surface area (Å²) in [4.78, 5) is 15.9. The smallest absolute Gasteiger partial charge is 0.336 e. The number of nitrogens with zero attached hydrogens (tertiary/aromatic N) is 1. The van der Waals surface area contributed by atoms with Gasteiger partial charge in [0.2, 0.25) is 0 Å². The van der Waals surface area contributed by atoms with Crippen LogP contribution in [0.15, 0.2) is 59.1 Å². The van der Waals surface area contributed by atoms with Gasteiger partial charge in [-0.15, -0.1) is 0 Å². The third kappa shape index (κ3) is 3.07. The minimum absolute atomic E-state index is 0.265. The molecule has 1 N–H and O–H groups in total. The van der Waals surface area contributed by atoms with E-state index >= 15 is 0 Å². The van der Waals surface area contributed by atoms with Crippen molar-refractivity contribution in [1.29, 1.82) is 0 Å². The Morgan fingerprint density at radius 2 is 1.77 bits per heavy atom. The SMILES string of the molecule is O=C(O)c1cc(C=Cc2ccc(Br)cc2)nc2ccccc12. The van der Waals surface area contributed by atoms with Gasteiger partial charge in [0, 0.05) is 9.86 Å². The minimum Gasteiger partial charge on any atom is -0.478 e. The number of para-hydroxylation sites is 1. The predicted octanol–water partition coefficient (Wildman–Crippen LogP) is 4.87. The number of carbonyl (C=O) groups is 1. The van der Waals surface area contributed by atoms with Crippen LogP contribution < -0.4 is 0 Å². The van der Waals surface area contributed by atoms with Crippen molar-refractivity contribution in [3.8, 4) is 0 Å². The van der Waals surface area contributed by atoms with Gasteiger partial charge in [0.25, 0.3) is 0 Å². The fourth-order valence-electron chi connectivity index (χ4n) is 2.21. The van der Waals surface area contributed by atoms with Crippen molar-refractivity contribution in [2.24, 2.45) is 0 Å². The summed E-state index contributed by atoms with van der Waals surface area (Å²) in [7, 11) is 0. The van der Waals surface area contributed by atoms with Gasteiger partial charge in [-0.1, -0.05) is 52.3 Å². The molecule has 108 valence electrons. The zero-order valence-corrected chi connectivity index (χ0v) is 13.1. The third-order valence-electron chi connectivity index (χ3n) is 3.28. The van der Waals surface area contributed by atoms with Crippen molar-refractivity contribution in [3.05, 3.63) is 75.9 Å².